The monoisotopic (exact) mass is 488 g/mol. The minimum absolute atomic E-state index is 0.813. The first kappa shape index (κ1) is 27.5. The van der Waals surface area contributed by atoms with Gasteiger partial charge in [-0.15, -0.1) is 0 Å². The Morgan fingerprint density at radius 1 is 0.880 bits per heavy atom. The van der Waals surface area contributed by atoms with E-state index in [9.17, 15) is 0 Å². The Hall–Kier alpha value is 0.309. The molecule has 8 heteroatoms. The molecule has 0 aliphatic carbocycles. The average Bonchev–Trinajstić information content (AvgIpc) is 2.65. The third kappa shape index (κ3) is 16.2. The van der Waals surface area contributed by atoms with Crippen molar-refractivity contribution >= 4 is 37.9 Å². The molecule has 0 amide bonds. The van der Waals surface area contributed by atoms with Crippen LogP contribution in [0.5, 0.6) is 5.75 Å². The fraction of sp³-hybridized carbons (Fsp3) is 0.647. The first-order chi connectivity index (χ1) is 12.1. The zero-order valence-corrected chi connectivity index (χ0v) is 19.6. The Balaban J connectivity index is 0. The SMILES string of the molecule is CCN(CC)CCN(CC[S-])CC[S-].COc1ccc([S-])cc1.[O]=[99Tc+3]. The molecule has 0 saturated heterocycles. The van der Waals surface area contributed by atoms with Crippen molar-refractivity contribution in [3.8, 4) is 5.75 Å². The molecule has 25 heavy (non-hydrogen) atoms. The third-order valence-electron chi connectivity index (χ3n) is 3.50. The van der Waals surface area contributed by atoms with Crippen LogP contribution in [0.4, 0.5) is 0 Å². The van der Waals surface area contributed by atoms with Crippen LogP contribution in [-0.2, 0) is 60.2 Å². The molecule has 0 atom stereocenters. The number of nitrogens with zero attached hydrogens (tertiary/aromatic N) is 2. The standard InChI is InChI=1S/C10H24N2S2.C7H8OS.O.Tc/c1-3-11(4-2)5-6-12(7-9-13)8-10-14;1-8-6-2-4-7(9)5-3-6;;/h13-14H,3-10H2,1-2H3;2-5,9H,1H3;;/q;;;+3/p-3/i;;;1+1. The molecule has 0 aliphatic heterocycles. The first-order valence-corrected chi connectivity index (χ1v) is 10.5. The molecule has 1 aromatic rings. The molecular formula is C17H29N2O2S3Tc. The number of benzene rings is 1. The Bertz CT molecular complexity index is 390. The van der Waals surface area contributed by atoms with Gasteiger partial charge < -0.3 is 52.4 Å². The number of methoxy groups -OCH3 is 1. The molecule has 0 unspecified atom stereocenters. The second kappa shape index (κ2) is 20.6. The van der Waals surface area contributed by atoms with E-state index in [1.54, 1.807) is 7.11 Å². The summed E-state index contributed by atoms with van der Waals surface area (Å²) in [6, 6.07) is 7.38. The summed E-state index contributed by atoms with van der Waals surface area (Å²) in [5.41, 5.74) is 0. The zero-order valence-electron chi connectivity index (χ0n) is 15.3. The molecule has 0 fully saturated rings. The van der Waals surface area contributed by atoms with Crippen molar-refractivity contribution in [2.24, 2.45) is 0 Å². The Kier molecular flexibility index (Phi) is 22.7. The van der Waals surface area contributed by atoms with Crippen molar-refractivity contribution in [2.45, 2.75) is 18.7 Å². The molecule has 0 heterocycles. The molecule has 0 aliphatic rings. The summed E-state index contributed by atoms with van der Waals surface area (Å²) < 4.78 is 13.1. The molecule has 1 rings (SSSR count). The predicted molar refractivity (Wildman–Crippen MR) is 108 cm³/mol. The van der Waals surface area contributed by atoms with Crippen LogP contribution in [0.2, 0.25) is 0 Å². The van der Waals surface area contributed by atoms with Crippen LogP contribution in [-0.4, -0.2) is 67.7 Å². The summed E-state index contributed by atoms with van der Waals surface area (Å²) in [7, 11) is 1.64. The number of likely N-dealkylation sites (N-methyl/N-ethyl adjacent to an activating group) is 1. The van der Waals surface area contributed by atoms with Crippen molar-refractivity contribution in [2.75, 3.05) is 57.9 Å². The number of hydrogen-bond donors (Lipinski definition) is 0. The second-order valence-electron chi connectivity index (χ2n) is 4.95. The maximum atomic E-state index is 8.22. The maximum absolute atomic E-state index is 8.22. The van der Waals surface area contributed by atoms with Crippen LogP contribution in [0, 0.1) is 0 Å². The van der Waals surface area contributed by atoms with Crippen molar-refractivity contribution in [3.63, 3.8) is 0 Å². The molecule has 1 aromatic carbocycles. The van der Waals surface area contributed by atoms with Gasteiger partial charge in [-0.3, -0.25) is 0 Å². The van der Waals surface area contributed by atoms with Gasteiger partial charge in [0.05, 0.1) is 7.11 Å². The van der Waals surface area contributed by atoms with Crippen molar-refractivity contribution in [1.82, 2.24) is 9.80 Å². The van der Waals surface area contributed by atoms with E-state index >= 15 is 0 Å². The van der Waals surface area contributed by atoms with Gasteiger partial charge in [-0.2, -0.15) is 16.4 Å². The van der Waals surface area contributed by atoms with Crippen molar-refractivity contribution in [1.29, 1.82) is 0 Å². The predicted octanol–water partition coefficient (Wildman–Crippen LogP) is 2.20. The van der Waals surface area contributed by atoms with Gasteiger partial charge in [0.1, 0.15) is 5.75 Å². The minimum atomic E-state index is 0.813. The van der Waals surface area contributed by atoms with E-state index in [0.717, 1.165) is 80.3 Å². The van der Waals surface area contributed by atoms with E-state index in [-0.39, 0.29) is 0 Å². The van der Waals surface area contributed by atoms with Gasteiger partial charge in [-0.1, -0.05) is 26.0 Å². The summed E-state index contributed by atoms with van der Waals surface area (Å²) in [5, 5.41) is 0. The van der Waals surface area contributed by atoms with Crippen LogP contribution >= 0.6 is 0 Å². The molecular weight excluding hydrogens is 459 g/mol. The molecule has 0 N–H and O–H groups in total. The number of hydrogen-bond acceptors (Lipinski definition) is 7. The Labute approximate surface area is 180 Å². The van der Waals surface area contributed by atoms with Gasteiger partial charge >= 0.3 is 22.4 Å². The normalized spacial score (nSPS) is 9.84. The van der Waals surface area contributed by atoms with Crippen LogP contribution in [0.25, 0.3) is 0 Å². The molecule has 0 saturated carbocycles. The van der Waals surface area contributed by atoms with E-state index < -0.39 is 0 Å². The molecule has 0 bridgehead atoms. The van der Waals surface area contributed by atoms with E-state index in [4.69, 9.17) is 46.1 Å². The summed E-state index contributed by atoms with van der Waals surface area (Å²) in [6.45, 7) is 10.9. The third-order valence-corrected chi connectivity index (χ3v) is 4.14. The van der Waals surface area contributed by atoms with E-state index in [0.29, 0.717) is 0 Å². The summed E-state index contributed by atoms with van der Waals surface area (Å²) in [5.74, 6) is 2.48. The molecule has 0 spiro atoms. The first-order valence-electron chi connectivity index (χ1n) is 8.18. The molecule has 4 nitrogen and oxygen atoms in total. The zero-order chi connectivity index (χ0) is 19.5. The number of ether oxygens (including phenoxy) is 1. The summed E-state index contributed by atoms with van der Waals surface area (Å²) in [6.07, 6.45) is 0. The van der Waals surface area contributed by atoms with Crippen LogP contribution < -0.4 is 4.74 Å². The van der Waals surface area contributed by atoms with Crippen LogP contribution in [0.3, 0.4) is 0 Å². The Morgan fingerprint density at radius 3 is 1.68 bits per heavy atom. The van der Waals surface area contributed by atoms with Crippen LogP contribution in [0.15, 0.2) is 29.2 Å². The average molecular weight is 489 g/mol. The second-order valence-corrected chi connectivity index (χ2v) is 6.24. The van der Waals surface area contributed by atoms with Gasteiger partial charge in [-0.05, 0) is 38.3 Å². The van der Waals surface area contributed by atoms with Crippen molar-refractivity contribution < 1.29 is 27.1 Å². The van der Waals surface area contributed by atoms with Gasteiger partial charge in [0.25, 0.3) is 0 Å². The molecule has 0 radical (unpaired) electrons. The fourth-order valence-electron chi connectivity index (χ4n) is 1.99. The fourth-order valence-corrected chi connectivity index (χ4v) is 2.64. The summed E-state index contributed by atoms with van der Waals surface area (Å²) in [4.78, 5) is 5.65. The van der Waals surface area contributed by atoms with Gasteiger partial charge in [0, 0.05) is 13.1 Å². The van der Waals surface area contributed by atoms with E-state index in [1.807, 2.05) is 24.3 Å². The van der Waals surface area contributed by atoms with Gasteiger partial charge in [0.2, 0.25) is 0 Å². The quantitative estimate of drug-likeness (QED) is 0.467. The topological polar surface area (TPSA) is 32.8 Å². The molecule has 0 aromatic heterocycles. The van der Waals surface area contributed by atoms with Crippen molar-refractivity contribution in [3.05, 3.63) is 24.3 Å². The van der Waals surface area contributed by atoms with Crippen LogP contribution in [0.1, 0.15) is 13.8 Å². The van der Waals surface area contributed by atoms with E-state index in [2.05, 4.69) is 23.6 Å². The Morgan fingerprint density at radius 2 is 1.32 bits per heavy atom. The number of rotatable bonds is 10. The van der Waals surface area contributed by atoms with Gasteiger partial charge in [0.15, 0.2) is 0 Å². The summed E-state index contributed by atoms with van der Waals surface area (Å²) >= 11 is 15.7. The van der Waals surface area contributed by atoms with Gasteiger partial charge in [-0.25, -0.2) is 0 Å². The van der Waals surface area contributed by atoms with E-state index in [1.165, 1.54) is 0 Å². The molecule has 144 valence electrons.